The fraction of sp³-hybridized carbons (Fsp3) is 0.447. The minimum Gasteiger partial charge on any atom is -0.497 e. The Kier molecular flexibility index (Phi) is 9.21. The van der Waals surface area contributed by atoms with E-state index in [2.05, 4.69) is 5.32 Å². The Labute approximate surface area is 291 Å². The minimum absolute atomic E-state index is 0.127. The van der Waals surface area contributed by atoms with Crippen LogP contribution in [0.25, 0.3) is 0 Å². The number of fused-ring (bicyclic) bond motifs is 4. The highest BCUT2D eigenvalue weighted by Crippen LogP contribution is 2.69. The molecule has 12 nitrogen and oxygen atoms in total. The van der Waals surface area contributed by atoms with E-state index in [-0.39, 0.29) is 30.0 Å². The molecule has 2 aliphatic heterocycles. The molecule has 3 aromatic rings. The van der Waals surface area contributed by atoms with Crippen LogP contribution in [0.5, 0.6) is 23.0 Å². The number of ether oxygens (including phenoxy) is 5. The molecule has 2 heterocycles. The highest BCUT2D eigenvalue weighted by molar-refractivity contribution is 5.88. The zero-order chi connectivity index (χ0) is 36.0. The molecular weight excluding hydrogens is 644 g/mol. The summed E-state index contributed by atoms with van der Waals surface area (Å²) in [5, 5.41) is 27.1. The summed E-state index contributed by atoms with van der Waals surface area (Å²) in [5.74, 6) is -2.82. The van der Waals surface area contributed by atoms with Gasteiger partial charge in [0.15, 0.2) is 17.3 Å². The van der Waals surface area contributed by atoms with Crippen molar-refractivity contribution in [3.05, 3.63) is 83.4 Å². The van der Waals surface area contributed by atoms with Crippen molar-refractivity contribution >= 4 is 17.8 Å². The summed E-state index contributed by atoms with van der Waals surface area (Å²) in [6, 6.07) is 19.4. The van der Waals surface area contributed by atoms with Crippen molar-refractivity contribution in [2.75, 3.05) is 27.9 Å². The predicted octanol–water partition coefficient (Wildman–Crippen LogP) is 3.76. The summed E-state index contributed by atoms with van der Waals surface area (Å²) in [6.45, 7) is 4.64. The Morgan fingerprint density at radius 3 is 2.28 bits per heavy atom. The van der Waals surface area contributed by atoms with Crippen molar-refractivity contribution < 1.29 is 48.3 Å². The molecule has 50 heavy (non-hydrogen) atoms. The minimum atomic E-state index is -2.24. The third-order valence-electron chi connectivity index (χ3n) is 10.5. The molecule has 0 spiro atoms. The maximum atomic E-state index is 15.4. The van der Waals surface area contributed by atoms with Gasteiger partial charge in [-0.05, 0) is 43.9 Å². The number of methoxy groups -OCH3 is 3. The van der Waals surface area contributed by atoms with Crippen LogP contribution in [0.2, 0.25) is 0 Å². The molecule has 2 amide bonds. The fourth-order valence-electron chi connectivity index (χ4n) is 7.90. The van der Waals surface area contributed by atoms with Crippen molar-refractivity contribution in [3.63, 3.8) is 0 Å². The maximum absolute atomic E-state index is 15.4. The zero-order valence-electron chi connectivity index (χ0n) is 29.1. The van der Waals surface area contributed by atoms with E-state index >= 15 is 4.79 Å². The lowest BCUT2D eigenvalue weighted by Gasteiger charge is -2.46. The normalized spacial score (nSPS) is 27.7. The Bertz CT molecular complexity index is 1760. The van der Waals surface area contributed by atoms with Gasteiger partial charge in [-0.25, -0.2) is 0 Å². The lowest BCUT2D eigenvalue weighted by atomic mass is 9.75. The Morgan fingerprint density at radius 2 is 1.68 bits per heavy atom. The van der Waals surface area contributed by atoms with Crippen LogP contribution in [-0.2, 0) is 30.3 Å². The van der Waals surface area contributed by atoms with Gasteiger partial charge >= 0.3 is 5.97 Å². The maximum Gasteiger partial charge on any atom is 0.303 e. The van der Waals surface area contributed by atoms with Crippen molar-refractivity contribution in [1.29, 1.82) is 0 Å². The van der Waals surface area contributed by atoms with Crippen molar-refractivity contribution in [1.82, 2.24) is 10.2 Å². The molecule has 12 heteroatoms. The topological polar surface area (TPSA) is 153 Å². The Morgan fingerprint density at radius 1 is 1.00 bits per heavy atom. The van der Waals surface area contributed by atoms with Crippen LogP contribution in [0.15, 0.2) is 66.7 Å². The second kappa shape index (κ2) is 13.1. The number of nitrogens with one attached hydrogen (secondary N) is 1. The van der Waals surface area contributed by atoms with Crippen molar-refractivity contribution in [2.45, 2.75) is 75.0 Å². The lowest BCUT2D eigenvalue weighted by molar-refractivity contribution is -0.196. The van der Waals surface area contributed by atoms with E-state index in [9.17, 15) is 19.8 Å². The summed E-state index contributed by atoms with van der Waals surface area (Å²) >= 11 is 0. The van der Waals surface area contributed by atoms with Gasteiger partial charge in [0.1, 0.15) is 34.8 Å². The summed E-state index contributed by atoms with van der Waals surface area (Å²) in [6.07, 6.45) is -1.06. The number of rotatable bonds is 10. The molecule has 2 fully saturated rings. The number of esters is 1. The van der Waals surface area contributed by atoms with E-state index in [0.29, 0.717) is 35.5 Å². The number of benzene rings is 3. The first kappa shape index (κ1) is 35.0. The molecule has 1 saturated carbocycles. The quantitative estimate of drug-likeness (QED) is 0.269. The van der Waals surface area contributed by atoms with Gasteiger partial charge in [0.05, 0.1) is 32.8 Å². The fourth-order valence-corrected chi connectivity index (χ4v) is 7.90. The average molecular weight is 689 g/mol. The lowest BCUT2D eigenvalue weighted by Crippen LogP contribution is -2.58. The van der Waals surface area contributed by atoms with Crippen LogP contribution in [0.4, 0.5) is 0 Å². The molecule has 3 aromatic carbocycles. The highest BCUT2D eigenvalue weighted by atomic mass is 16.6. The number of likely N-dealkylation sites (tertiary alicyclic amines) is 1. The Balaban J connectivity index is 1.65. The van der Waals surface area contributed by atoms with Gasteiger partial charge in [-0.1, -0.05) is 49.4 Å². The number of carbonyl (C=O) groups excluding carboxylic acids is 3. The number of hydrogen-bond donors (Lipinski definition) is 3. The average Bonchev–Trinajstić information content (AvgIpc) is 3.63. The first-order valence-corrected chi connectivity index (χ1v) is 16.8. The van der Waals surface area contributed by atoms with Gasteiger partial charge in [0.25, 0.3) is 5.91 Å². The Hall–Kier alpha value is -4.81. The van der Waals surface area contributed by atoms with Crippen LogP contribution >= 0.6 is 0 Å². The van der Waals surface area contributed by atoms with E-state index in [1.807, 2.05) is 30.3 Å². The molecule has 3 N–H and O–H groups in total. The third kappa shape index (κ3) is 5.41. The van der Waals surface area contributed by atoms with Crippen molar-refractivity contribution in [3.8, 4) is 23.0 Å². The van der Waals surface area contributed by atoms with Crippen LogP contribution < -0.4 is 24.3 Å². The first-order chi connectivity index (χ1) is 23.9. The largest absolute Gasteiger partial charge is 0.497 e. The van der Waals surface area contributed by atoms with E-state index < -0.39 is 58.7 Å². The molecule has 0 radical (unpaired) electrons. The number of carbonyl (C=O) groups is 3. The SMILES string of the molecule is CC[C@@](C)(O)C(=O)N[C@@H]1CCCN1C(=O)[C@H]1[C@H](c2ccccc2)[C@]2(c3ccc(OC)cc3)Oc3cc(OC)cc(OC)c3[C@@]1(O)[C@H]2OC(C)=O. The monoisotopic (exact) mass is 688 g/mol. The second-order valence-electron chi connectivity index (χ2n) is 13.3. The summed E-state index contributed by atoms with van der Waals surface area (Å²) < 4.78 is 30.1. The second-order valence-corrected chi connectivity index (χ2v) is 13.3. The van der Waals surface area contributed by atoms with Crippen LogP contribution in [0, 0.1) is 5.92 Å². The van der Waals surface area contributed by atoms with Crippen LogP contribution in [0.3, 0.4) is 0 Å². The zero-order valence-corrected chi connectivity index (χ0v) is 29.1. The molecule has 6 rings (SSSR count). The van der Waals surface area contributed by atoms with Gasteiger partial charge in [0.2, 0.25) is 5.91 Å². The third-order valence-corrected chi connectivity index (χ3v) is 10.5. The summed E-state index contributed by atoms with van der Waals surface area (Å²) in [7, 11) is 4.46. The number of nitrogens with zero attached hydrogens (tertiary/aromatic N) is 1. The van der Waals surface area contributed by atoms with E-state index in [1.54, 1.807) is 50.4 Å². The summed E-state index contributed by atoms with van der Waals surface area (Å²) in [5.41, 5.74) is -4.28. The van der Waals surface area contributed by atoms with Gasteiger partial charge in [-0.3, -0.25) is 14.4 Å². The number of aliphatic hydroxyl groups is 2. The highest BCUT2D eigenvalue weighted by Gasteiger charge is 2.78. The van der Waals surface area contributed by atoms with E-state index in [0.717, 1.165) is 0 Å². The molecule has 3 aliphatic rings. The standard InChI is InChI=1S/C38H44N2O10/c1-7-36(3,44)35(43)39-29-14-11-19-40(29)33(42)32-30(23-12-9-8-10-13-23)38(24-15-17-25(46-4)18-16-24)34(49-22(2)41)37(32,45)31-27(48-6)20-26(47-5)21-28(31)50-38/h8-10,12-13,15-18,20-21,29-30,32,34,44-45H,7,11,14,19H2,1-6H3,(H,39,43)/t29-,30-,32+,34+,36+,37-,38-/m0/s1. The van der Waals surface area contributed by atoms with Gasteiger partial charge < -0.3 is 44.1 Å². The number of amides is 2. The molecule has 0 aromatic heterocycles. The van der Waals surface area contributed by atoms with Gasteiger partial charge in [-0.2, -0.15) is 0 Å². The van der Waals surface area contributed by atoms with Crippen LogP contribution in [-0.4, -0.2) is 78.6 Å². The molecule has 0 unspecified atom stereocenters. The van der Waals surface area contributed by atoms with Gasteiger partial charge in [0, 0.05) is 37.1 Å². The van der Waals surface area contributed by atoms with E-state index in [4.69, 9.17) is 23.7 Å². The molecule has 1 saturated heterocycles. The van der Waals surface area contributed by atoms with E-state index in [1.165, 1.54) is 33.0 Å². The predicted molar refractivity (Wildman–Crippen MR) is 181 cm³/mol. The molecule has 7 atom stereocenters. The number of hydrogen-bond acceptors (Lipinski definition) is 10. The molecule has 266 valence electrons. The smallest absolute Gasteiger partial charge is 0.303 e. The molecular formula is C38H44N2O10. The summed E-state index contributed by atoms with van der Waals surface area (Å²) in [4.78, 5) is 43.2. The van der Waals surface area contributed by atoms with Crippen molar-refractivity contribution in [2.24, 2.45) is 5.92 Å². The van der Waals surface area contributed by atoms with Crippen LogP contribution in [0.1, 0.15) is 62.6 Å². The molecule has 1 aliphatic carbocycles. The first-order valence-electron chi connectivity index (χ1n) is 16.8. The molecule has 2 bridgehead atoms. The van der Waals surface area contributed by atoms with Gasteiger partial charge in [-0.15, -0.1) is 0 Å².